The summed E-state index contributed by atoms with van der Waals surface area (Å²) in [6.45, 7) is 9.89. The Labute approximate surface area is 109 Å². The lowest BCUT2D eigenvalue weighted by atomic mass is 9.87. The number of hydrogen-bond donors (Lipinski definition) is 1. The molecule has 0 amide bonds. The van der Waals surface area contributed by atoms with Crippen LogP contribution in [0.3, 0.4) is 0 Å². The molecule has 2 aromatic rings. The van der Waals surface area contributed by atoms with E-state index in [9.17, 15) is 0 Å². The van der Waals surface area contributed by atoms with Gasteiger partial charge in [-0.25, -0.2) is 0 Å². The Balaban J connectivity index is 2.29. The molecule has 1 aromatic carbocycles. The Kier molecular flexibility index (Phi) is 3.76. The summed E-state index contributed by atoms with van der Waals surface area (Å²) in [4.78, 5) is 0. The number of furan rings is 1. The Morgan fingerprint density at radius 3 is 2.56 bits per heavy atom. The molecule has 0 saturated heterocycles. The quantitative estimate of drug-likeness (QED) is 0.856. The molecule has 0 aliphatic heterocycles. The van der Waals surface area contributed by atoms with Crippen molar-refractivity contribution in [1.82, 2.24) is 5.32 Å². The summed E-state index contributed by atoms with van der Waals surface area (Å²) < 4.78 is 5.97. The molecule has 1 atom stereocenters. The zero-order valence-corrected chi connectivity index (χ0v) is 11.8. The number of para-hydroxylation sites is 1. The molecule has 0 fully saturated rings. The Hall–Kier alpha value is -1.28. The highest BCUT2D eigenvalue weighted by molar-refractivity contribution is 5.77. The molecule has 0 bridgehead atoms. The fraction of sp³-hybridized carbons (Fsp3) is 0.500. The molecule has 1 heterocycles. The van der Waals surface area contributed by atoms with Crippen molar-refractivity contribution < 1.29 is 4.42 Å². The van der Waals surface area contributed by atoms with Crippen molar-refractivity contribution in [2.75, 3.05) is 6.54 Å². The zero-order valence-electron chi connectivity index (χ0n) is 11.8. The van der Waals surface area contributed by atoms with Crippen molar-refractivity contribution in [3.05, 3.63) is 36.1 Å². The van der Waals surface area contributed by atoms with E-state index in [1.54, 1.807) is 0 Å². The van der Waals surface area contributed by atoms with E-state index in [2.05, 4.69) is 45.1 Å². The second-order valence-corrected chi connectivity index (χ2v) is 6.06. The van der Waals surface area contributed by atoms with Crippen LogP contribution in [0.15, 0.2) is 34.7 Å². The first-order valence-electron chi connectivity index (χ1n) is 6.71. The van der Waals surface area contributed by atoms with Crippen molar-refractivity contribution in [1.29, 1.82) is 0 Å². The molecule has 98 valence electrons. The molecule has 18 heavy (non-hydrogen) atoms. The predicted molar refractivity (Wildman–Crippen MR) is 76.7 cm³/mol. The number of hydrogen-bond acceptors (Lipinski definition) is 2. The van der Waals surface area contributed by atoms with Gasteiger partial charge in [-0.15, -0.1) is 0 Å². The van der Waals surface area contributed by atoms with Gasteiger partial charge in [0.25, 0.3) is 0 Å². The van der Waals surface area contributed by atoms with Crippen LogP contribution in [0.4, 0.5) is 0 Å². The molecule has 2 rings (SSSR count). The van der Waals surface area contributed by atoms with Crippen LogP contribution in [0, 0.1) is 5.41 Å². The number of nitrogens with one attached hydrogen (secondary N) is 1. The summed E-state index contributed by atoms with van der Waals surface area (Å²) >= 11 is 0. The zero-order chi connectivity index (χ0) is 13.2. The highest BCUT2D eigenvalue weighted by Crippen LogP contribution is 2.32. The second-order valence-electron chi connectivity index (χ2n) is 6.06. The van der Waals surface area contributed by atoms with Gasteiger partial charge in [0.1, 0.15) is 11.3 Å². The summed E-state index contributed by atoms with van der Waals surface area (Å²) in [6.07, 6.45) is 1.07. The van der Waals surface area contributed by atoms with Crippen molar-refractivity contribution in [3.63, 3.8) is 0 Å². The molecule has 1 N–H and O–H groups in total. The largest absolute Gasteiger partial charge is 0.459 e. The minimum absolute atomic E-state index is 0.284. The summed E-state index contributed by atoms with van der Waals surface area (Å²) in [5, 5.41) is 4.71. The van der Waals surface area contributed by atoms with E-state index in [0.29, 0.717) is 6.04 Å². The van der Waals surface area contributed by atoms with Crippen molar-refractivity contribution >= 4 is 11.0 Å². The van der Waals surface area contributed by atoms with Crippen molar-refractivity contribution in [2.45, 2.75) is 40.2 Å². The van der Waals surface area contributed by atoms with Gasteiger partial charge < -0.3 is 9.73 Å². The van der Waals surface area contributed by atoms with E-state index in [4.69, 9.17) is 4.42 Å². The van der Waals surface area contributed by atoms with Gasteiger partial charge in [0.15, 0.2) is 0 Å². The third-order valence-electron chi connectivity index (χ3n) is 3.06. The standard InChI is InChI=1S/C16H23NO/c1-5-17-13(11-16(2,3)4)15-10-12-8-6-7-9-14(12)18-15/h6-10,13,17H,5,11H2,1-4H3. The van der Waals surface area contributed by atoms with Crippen LogP contribution in [0.2, 0.25) is 0 Å². The van der Waals surface area contributed by atoms with Gasteiger partial charge in [-0.3, -0.25) is 0 Å². The summed E-state index contributed by atoms with van der Waals surface area (Å²) in [6, 6.07) is 10.6. The fourth-order valence-corrected chi connectivity index (χ4v) is 2.31. The maximum atomic E-state index is 5.97. The minimum Gasteiger partial charge on any atom is -0.459 e. The Bertz CT molecular complexity index is 474. The maximum Gasteiger partial charge on any atom is 0.134 e. The van der Waals surface area contributed by atoms with E-state index >= 15 is 0 Å². The molecule has 0 aliphatic carbocycles. The topological polar surface area (TPSA) is 25.2 Å². The van der Waals surface area contributed by atoms with E-state index in [-0.39, 0.29) is 5.41 Å². The predicted octanol–water partition coefficient (Wildman–Crippen LogP) is 4.52. The summed E-state index contributed by atoms with van der Waals surface area (Å²) in [5.74, 6) is 1.05. The lowest BCUT2D eigenvalue weighted by molar-refractivity contribution is 0.289. The van der Waals surface area contributed by atoms with Crippen LogP contribution >= 0.6 is 0 Å². The summed E-state index contributed by atoms with van der Waals surface area (Å²) in [5.41, 5.74) is 1.26. The minimum atomic E-state index is 0.284. The van der Waals surface area contributed by atoms with Crippen molar-refractivity contribution in [2.24, 2.45) is 5.41 Å². The van der Waals surface area contributed by atoms with Crippen LogP contribution in [-0.2, 0) is 0 Å². The van der Waals surface area contributed by atoms with Crippen LogP contribution in [0.5, 0.6) is 0 Å². The molecule has 1 aromatic heterocycles. The molecule has 0 radical (unpaired) electrons. The van der Waals surface area contributed by atoms with Gasteiger partial charge in [-0.1, -0.05) is 45.9 Å². The van der Waals surface area contributed by atoms with Crippen molar-refractivity contribution in [3.8, 4) is 0 Å². The Morgan fingerprint density at radius 1 is 1.22 bits per heavy atom. The molecular weight excluding hydrogens is 222 g/mol. The highest BCUT2D eigenvalue weighted by atomic mass is 16.3. The van der Waals surface area contributed by atoms with Crippen LogP contribution in [-0.4, -0.2) is 6.54 Å². The van der Waals surface area contributed by atoms with Crippen LogP contribution in [0.1, 0.15) is 45.9 Å². The van der Waals surface area contributed by atoms with E-state index in [1.807, 2.05) is 18.2 Å². The van der Waals surface area contributed by atoms with Gasteiger partial charge in [0, 0.05) is 5.39 Å². The lowest BCUT2D eigenvalue weighted by Gasteiger charge is -2.25. The molecule has 0 spiro atoms. The maximum absolute atomic E-state index is 5.97. The third-order valence-corrected chi connectivity index (χ3v) is 3.06. The highest BCUT2D eigenvalue weighted by Gasteiger charge is 2.22. The third kappa shape index (κ3) is 3.14. The fourth-order valence-electron chi connectivity index (χ4n) is 2.31. The average Bonchev–Trinajstić information content (AvgIpc) is 2.70. The van der Waals surface area contributed by atoms with E-state index in [0.717, 1.165) is 24.3 Å². The second kappa shape index (κ2) is 5.15. The lowest BCUT2D eigenvalue weighted by Crippen LogP contribution is -2.25. The first-order valence-corrected chi connectivity index (χ1v) is 6.71. The molecular formula is C16H23NO. The van der Waals surface area contributed by atoms with E-state index in [1.165, 1.54) is 5.39 Å². The first-order chi connectivity index (χ1) is 8.49. The first kappa shape index (κ1) is 13.2. The number of benzene rings is 1. The molecule has 0 aliphatic rings. The molecule has 2 nitrogen and oxygen atoms in total. The van der Waals surface area contributed by atoms with Crippen LogP contribution < -0.4 is 5.32 Å². The Morgan fingerprint density at radius 2 is 1.94 bits per heavy atom. The van der Waals surface area contributed by atoms with Gasteiger partial charge >= 0.3 is 0 Å². The monoisotopic (exact) mass is 245 g/mol. The SMILES string of the molecule is CCNC(CC(C)(C)C)c1cc2ccccc2o1. The number of fused-ring (bicyclic) bond motifs is 1. The average molecular weight is 245 g/mol. The normalized spacial score (nSPS) is 14.0. The molecule has 2 heteroatoms. The molecule has 1 unspecified atom stereocenters. The number of rotatable bonds is 4. The summed E-state index contributed by atoms with van der Waals surface area (Å²) in [7, 11) is 0. The van der Waals surface area contributed by atoms with Crippen LogP contribution in [0.25, 0.3) is 11.0 Å². The van der Waals surface area contributed by atoms with Gasteiger partial charge in [0.05, 0.1) is 6.04 Å². The smallest absolute Gasteiger partial charge is 0.134 e. The van der Waals surface area contributed by atoms with E-state index < -0.39 is 0 Å². The van der Waals surface area contributed by atoms with Gasteiger partial charge in [-0.2, -0.15) is 0 Å². The van der Waals surface area contributed by atoms with Gasteiger partial charge in [0.2, 0.25) is 0 Å². The van der Waals surface area contributed by atoms with Gasteiger partial charge in [-0.05, 0) is 30.5 Å². The molecule has 0 saturated carbocycles.